The highest BCUT2D eigenvalue weighted by Crippen LogP contribution is 2.45. The van der Waals surface area contributed by atoms with Gasteiger partial charge in [-0.25, -0.2) is 0 Å². The molecular formula is C51H57N3S2. The molecule has 2 aromatic heterocycles. The summed E-state index contributed by atoms with van der Waals surface area (Å²) < 4.78 is 4.18. The molecule has 0 saturated carbocycles. The van der Waals surface area contributed by atoms with Crippen LogP contribution in [-0.4, -0.2) is 20.0 Å². The molecule has 0 bridgehead atoms. The second kappa shape index (κ2) is 23.0. The molecule has 0 unspecified atom stereocenters. The lowest BCUT2D eigenvalue weighted by Gasteiger charge is -2.13. The maximum atomic E-state index is 5.59. The van der Waals surface area contributed by atoms with Crippen LogP contribution >= 0.6 is 22.7 Å². The molecule has 0 amide bonds. The van der Waals surface area contributed by atoms with E-state index in [-0.39, 0.29) is 0 Å². The molecule has 288 valence electrons. The van der Waals surface area contributed by atoms with Crippen LogP contribution < -0.4 is 5.73 Å². The predicted octanol–water partition coefficient (Wildman–Crippen LogP) is 15.2. The summed E-state index contributed by atoms with van der Waals surface area (Å²) in [5.41, 5.74) is 16.4. The third-order valence-corrected chi connectivity index (χ3v) is 11.7. The Hall–Kier alpha value is -5.20. The molecule has 0 spiro atoms. The molecule has 3 N–H and O–H groups in total. The summed E-state index contributed by atoms with van der Waals surface area (Å²) in [7, 11) is 0. The predicted molar refractivity (Wildman–Crippen MR) is 255 cm³/mol. The van der Waals surface area contributed by atoms with Crippen molar-refractivity contribution >= 4 is 78.0 Å². The van der Waals surface area contributed by atoms with E-state index in [1.54, 1.807) is 0 Å². The van der Waals surface area contributed by atoms with Crippen LogP contribution in [-0.2, 0) is 13.0 Å². The van der Waals surface area contributed by atoms with Gasteiger partial charge in [0.15, 0.2) is 0 Å². The number of nitrogens with one attached hydrogen (secondary N) is 1. The van der Waals surface area contributed by atoms with Crippen molar-refractivity contribution < 1.29 is 0 Å². The molecule has 3 nitrogen and oxygen atoms in total. The van der Waals surface area contributed by atoms with Gasteiger partial charge in [0.05, 0.1) is 6.54 Å². The second-order valence-corrected chi connectivity index (χ2v) is 15.0. The molecule has 0 fully saturated rings. The van der Waals surface area contributed by atoms with Gasteiger partial charge in [-0.05, 0) is 103 Å². The van der Waals surface area contributed by atoms with E-state index >= 15 is 0 Å². The molecule has 0 atom stereocenters. The van der Waals surface area contributed by atoms with Crippen molar-refractivity contribution in [2.24, 2.45) is 10.7 Å². The average Bonchev–Trinajstić information content (AvgIpc) is 3.85. The highest BCUT2D eigenvalue weighted by Gasteiger charge is 2.18. The van der Waals surface area contributed by atoms with Crippen LogP contribution in [0.3, 0.4) is 0 Å². The molecule has 0 aliphatic heterocycles. The molecule has 5 heteroatoms. The van der Waals surface area contributed by atoms with E-state index in [0.717, 1.165) is 19.4 Å². The number of aliphatic imine (C=N–C) groups is 1. The highest BCUT2D eigenvalue weighted by molar-refractivity contribution is 7.26. The second-order valence-electron chi connectivity index (χ2n) is 12.8. The van der Waals surface area contributed by atoms with Gasteiger partial charge in [0.1, 0.15) is 0 Å². The lowest BCUT2D eigenvalue weighted by molar-refractivity contribution is 0.928. The molecule has 2 aliphatic rings. The first-order valence-electron chi connectivity index (χ1n) is 19.7. The summed E-state index contributed by atoms with van der Waals surface area (Å²) in [6, 6.07) is 41.1. The van der Waals surface area contributed by atoms with Crippen LogP contribution in [0.2, 0.25) is 0 Å². The van der Waals surface area contributed by atoms with E-state index in [0.29, 0.717) is 6.54 Å². The zero-order valence-electron chi connectivity index (χ0n) is 33.8. The van der Waals surface area contributed by atoms with Gasteiger partial charge < -0.3 is 11.1 Å². The summed E-state index contributed by atoms with van der Waals surface area (Å²) in [5, 5.41) is 9.73. The maximum absolute atomic E-state index is 5.59. The summed E-state index contributed by atoms with van der Waals surface area (Å²) in [5.74, 6) is 0. The largest absolute Gasteiger partial charge is 0.327 e. The number of thiophene rings is 2. The van der Waals surface area contributed by atoms with Gasteiger partial charge in [-0.1, -0.05) is 155 Å². The number of hydrogen-bond acceptors (Lipinski definition) is 5. The van der Waals surface area contributed by atoms with E-state index in [1.807, 2.05) is 86.8 Å². The fraction of sp³-hybridized carbons (Fsp3) is 0.216. The van der Waals surface area contributed by atoms with Gasteiger partial charge in [-0.2, -0.15) is 0 Å². The Morgan fingerprint density at radius 1 is 0.679 bits per heavy atom. The average molecular weight is 776 g/mol. The minimum Gasteiger partial charge on any atom is -0.327 e. The molecule has 2 heterocycles. The Bertz CT molecular complexity index is 2380. The quantitative estimate of drug-likeness (QED) is 0.168. The number of allylic oxidation sites excluding steroid dienone is 4. The maximum Gasteiger partial charge on any atom is 0.0632 e. The van der Waals surface area contributed by atoms with E-state index in [1.165, 1.54) is 92.5 Å². The third kappa shape index (κ3) is 10.8. The Kier molecular flexibility index (Phi) is 17.9. The minimum atomic E-state index is 0.693. The summed E-state index contributed by atoms with van der Waals surface area (Å²) in [4.78, 5) is 5.30. The van der Waals surface area contributed by atoms with Gasteiger partial charge in [0.2, 0.25) is 0 Å². The van der Waals surface area contributed by atoms with Crippen molar-refractivity contribution in [2.45, 2.75) is 66.8 Å². The van der Waals surface area contributed by atoms with E-state index in [4.69, 9.17) is 11.1 Å². The van der Waals surface area contributed by atoms with Gasteiger partial charge in [-0.15, -0.1) is 22.7 Å². The standard InChI is InChI=1S/C25H18S2.C13H15N.C8H9N.2C2H6.CH3N/c1-15-12-13-19-23(14-15)27-22-11-5-8-17(25(19)22)16-7-4-10-21-24(16)18-6-2-3-9-20(18)26-21;14-10-11-6-8-13(9-7-11)12-4-2-1-3-5-12;1-9-7-8-5-3-2-4-6-8;3*1-2/h2,4-8,10-14H,3,9H2,1H3;1-6,8H,7,9-10,14H2;2-6H,1,7H2;2*1-2H3;2H,1H2. The van der Waals surface area contributed by atoms with Crippen molar-refractivity contribution in [3.63, 3.8) is 0 Å². The van der Waals surface area contributed by atoms with Gasteiger partial charge in [0.25, 0.3) is 0 Å². The fourth-order valence-corrected chi connectivity index (χ4v) is 9.30. The molecule has 0 radical (unpaired) electrons. The number of benzene rings is 5. The monoisotopic (exact) mass is 775 g/mol. The SMILES string of the molecule is C=N.C=NCc1ccccc1.CC.CC.Cc1ccc2c(c1)sc1cccc(-c3cccc4sc5c(c34)C=CCC5)c12.NCC1=CC=C(c2ccccc2)CC1. The molecule has 56 heavy (non-hydrogen) atoms. The van der Waals surface area contributed by atoms with Crippen LogP contribution in [0.1, 0.15) is 74.1 Å². The summed E-state index contributed by atoms with van der Waals surface area (Å²) >= 11 is 3.88. The normalized spacial score (nSPS) is 12.3. The van der Waals surface area contributed by atoms with Crippen LogP contribution in [0.4, 0.5) is 0 Å². The lowest BCUT2D eigenvalue weighted by Crippen LogP contribution is -2.05. The number of rotatable bonds is 5. The molecular weight excluding hydrogens is 719 g/mol. The van der Waals surface area contributed by atoms with E-state index in [2.05, 4.69) is 129 Å². The summed E-state index contributed by atoms with van der Waals surface area (Å²) in [6.45, 7) is 17.5. The van der Waals surface area contributed by atoms with Crippen molar-refractivity contribution in [2.75, 3.05) is 6.54 Å². The zero-order valence-corrected chi connectivity index (χ0v) is 35.4. The fourth-order valence-electron chi connectivity index (χ4n) is 6.84. The van der Waals surface area contributed by atoms with Crippen LogP contribution in [0.25, 0.3) is 53.0 Å². The van der Waals surface area contributed by atoms with Crippen LogP contribution in [0.15, 0.2) is 144 Å². The van der Waals surface area contributed by atoms with Gasteiger partial charge in [0, 0.05) is 41.7 Å². The van der Waals surface area contributed by atoms with Gasteiger partial charge in [-0.3, -0.25) is 4.99 Å². The Morgan fingerprint density at radius 2 is 1.32 bits per heavy atom. The first-order valence-corrected chi connectivity index (χ1v) is 21.3. The molecule has 7 aromatic rings. The topological polar surface area (TPSA) is 62.2 Å². The number of nitrogens with zero attached hydrogens (tertiary/aromatic N) is 1. The number of fused-ring (bicyclic) bond motifs is 6. The zero-order chi connectivity index (χ0) is 40.3. The lowest BCUT2D eigenvalue weighted by atomic mass is 9.93. The first kappa shape index (κ1) is 43.5. The molecule has 5 aromatic carbocycles. The highest BCUT2D eigenvalue weighted by atomic mass is 32.1. The Morgan fingerprint density at radius 3 is 1.95 bits per heavy atom. The Balaban J connectivity index is 0.000000202. The number of aryl methyl sites for hydroxylation is 2. The van der Waals surface area contributed by atoms with E-state index in [9.17, 15) is 0 Å². The van der Waals surface area contributed by atoms with Crippen molar-refractivity contribution in [3.05, 3.63) is 166 Å². The van der Waals surface area contributed by atoms with E-state index < -0.39 is 0 Å². The summed E-state index contributed by atoms with van der Waals surface area (Å²) in [6.07, 6.45) is 13.6. The minimum absolute atomic E-state index is 0.693. The van der Waals surface area contributed by atoms with Crippen LogP contribution in [0, 0.1) is 12.3 Å². The molecule has 0 saturated heterocycles. The van der Waals surface area contributed by atoms with Gasteiger partial charge >= 0.3 is 0 Å². The molecule has 9 rings (SSSR count). The van der Waals surface area contributed by atoms with Crippen molar-refractivity contribution in [1.29, 1.82) is 5.41 Å². The Labute approximate surface area is 343 Å². The van der Waals surface area contributed by atoms with Crippen molar-refractivity contribution in [1.82, 2.24) is 0 Å². The van der Waals surface area contributed by atoms with Crippen LogP contribution in [0.5, 0.6) is 0 Å². The first-order chi connectivity index (χ1) is 27.6. The smallest absolute Gasteiger partial charge is 0.0632 e. The van der Waals surface area contributed by atoms with Crippen molar-refractivity contribution in [3.8, 4) is 11.1 Å². The number of nitrogens with two attached hydrogens (primary N) is 1. The third-order valence-electron chi connectivity index (χ3n) is 9.37. The molecule has 2 aliphatic carbocycles. The number of hydrogen-bond donors (Lipinski definition) is 2.